The van der Waals surface area contributed by atoms with Crippen LogP contribution in [0.5, 0.6) is 5.75 Å². The Labute approximate surface area is 153 Å². The van der Waals surface area contributed by atoms with Gasteiger partial charge < -0.3 is 5.11 Å². The van der Waals surface area contributed by atoms with Crippen LogP contribution < -0.4 is 5.43 Å². The van der Waals surface area contributed by atoms with Gasteiger partial charge in [-0.15, -0.1) is 0 Å². The van der Waals surface area contributed by atoms with E-state index in [1.807, 2.05) is 0 Å². The Morgan fingerprint density at radius 2 is 1.95 bits per heavy atom. The molecule has 2 aromatic carbocycles. The molecule has 2 aromatic rings. The molecular formula is C14H8Br2Cl2N2O2. The monoisotopic (exact) mass is 464 g/mol. The number of phenols is 1. The van der Waals surface area contributed by atoms with E-state index in [-0.39, 0.29) is 16.3 Å². The number of carbonyl (C=O) groups is 1. The summed E-state index contributed by atoms with van der Waals surface area (Å²) in [5.41, 5.74) is 3.02. The maximum atomic E-state index is 12.0. The molecule has 4 nitrogen and oxygen atoms in total. The highest BCUT2D eigenvalue weighted by Crippen LogP contribution is 2.30. The molecule has 22 heavy (non-hydrogen) atoms. The van der Waals surface area contributed by atoms with E-state index in [4.69, 9.17) is 23.2 Å². The lowest BCUT2D eigenvalue weighted by Crippen LogP contribution is -2.18. The molecule has 1 amide bonds. The molecule has 0 aromatic heterocycles. The first-order chi connectivity index (χ1) is 10.4. The number of phenolic OH excluding ortho intramolecular Hbond substituents is 1. The van der Waals surface area contributed by atoms with Gasteiger partial charge in [-0.1, -0.05) is 39.1 Å². The Kier molecular flexibility index (Phi) is 5.86. The highest BCUT2D eigenvalue weighted by atomic mass is 79.9. The first kappa shape index (κ1) is 17.3. The number of nitrogens with one attached hydrogen (secondary N) is 1. The Bertz CT molecular complexity index is 767. The number of hydrazone groups is 1. The summed E-state index contributed by atoms with van der Waals surface area (Å²) in [6.45, 7) is 0. The summed E-state index contributed by atoms with van der Waals surface area (Å²) in [6, 6.07) is 7.88. The van der Waals surface area contributed by atoms with Gasteiger partial charge in [0.05, 0.1) is 21.3 Å². The molecule has 0 spiro atoms. The molecule has 0 heterocycles. The molecule has 2 N–H and O–H groups in total. The van der Waals surface area contributed by atoms with Gasteiger partial charge in [0.15, 0.2) is 0 Å². The fourth-order valence-corrected chi connectivity index (χ4v) is 3.33. The predicted molar refractivity (Wildman–Crippen MR) is 95.0 cm³/mol. The zero-order valence-corrected chi connectivity index (χ0v) is 15.5. The third-order valence-electron chi connectivity index (χ3n) is 2.60. The van der Waals surface area contributed by atoms with E-state index in [2.05, 4.69) is 42.4 Å². The second kappa shape index (κ2) is 7.46. The van der Waals surface area contributed by atoms with Crippen LogP contribution in [0.4, 0.5) is 0 Å². The van der Waals surface area contributed by atoms with Crippen LogP contribution in [-0.4, -0.2) is 17.2 Å². The third kappa shape index (κ3) is 4.23. The van der Waals surface area contributed by atoms with E-state index in [0.717, 1.165) is 4.47 Å². The highest BCUT2D eigenvalue weighted by Gasteiger charge is 2.10. The number of amides is 1. The number of hydrogen-bond donors (Lipinski definition) is 2. The van der Waals surface area contributed by atoms with Gasteiger partial charge in [-0.25, -0.2) is 5.43 Å². The standard InChI is InChI=1S/C14H8Br2Cl2N2O2/c15-8-3-7(13(21)11(16)4-8)6-19-20-14(22)10-2-1-9(17)5-12(10)18/h1-6,21H,(H,20,22). The fraction of sp³-hybridized carbons (Fsp3) is 0. The Balaban J connectivity index is 2.14. The average Bonchev–Trinajstić information content (AvgIpc) is 2.43. The Hall–Kier alpha value is -1.08. The number of aromatic hydroxyl groups is 1. The number of nitrogens with zero attached hydrogens (tertiary/aromatic N) is 1. The molecule has 0 saturated carbocycles. The smallest absolute Gasteiger partial charge is 0.272 e. The Morgan fingerprint density at radius 1 is 1.23 bits per heavy atom. The van der Waals surface area contributed by atoms with Crippen molar-refractivity contribution in [3.05, 3.63) is 60.4 Å². The van der Waals surface area contributed by atoms with Crippen LogP contribution in [0.1, 0.15) is 15.9 Å². The summed E-state index contributed by atoms with van der Waals surface area (Å²) in [6.07, 6.45) is 1.33. The minimum Gasteiger partial charge on any atom is -0.506 e. The lowest BCUT2D eigenvalue weighted by atomic mass is 10.2. The SMILES string of the molecule is O=C(NN=Cc1cc(Br)cc(Br)c1O)c1ccc(Cl)cc1Cl. The van der Waals surface area contributed by atoms with Crippen LogP contribution in [0, 0.1) is 0 Å². The second-order valence-corrected chi connectivity index (χ2v) is 6.76. The summed E-state index contributed by atoms with van der Waals surface area (Å²) >= 11 is 18.2. The molecule has 0 atom stereocenters. The van der Waals surface area contributed by atoms with E-state index in [1.54, 1.807) is 18.2 Å². The van der Waals surface area contributed by atoms with E-state index in [1.165, 1.54) is 18.3 Å². The summed E-state index contributed by atoms with van der Waals surface area (Å²) in [5, 5.41) is 14.3. The van der Waals surface area contributed by atoms with Gasteiger partial charge in [0.2, 0.25) is 0 Å². The minimum absolute atomic E-state index is 0.0192. The summed E-state index contributed by atoms with van der Waals surface area (Å²) in [4.78, 5) is 12.0. The number of carbonyl (C=O) groups excluding carboxylic acids is 1. The van der Waals surface area contributed by atoms with Gasteiger partial charge in [0.1, 0.15) is 5.75 Å². The molecule has 0 bridgehead atoms. The van der Waals surface area contributed by atoms with Crippen molar-refractivity contribution in [3.8, 4) is 5.75 Å². The molecule has 0 fully saturated rings. The van der Waals surface area contributed by atoms with Crippen LogP contribution >= 0.6 is 55.1 Å². The molecule has 8 heteroatoms. The molecule has 0 radical (unpaired) electrons. The minimum atomic E-state index is -0.480. The van der Waals surface area contributed by atoms with E-state index < -0.39 is 5.91 Å². The van der Waals surface area contributed by atoms with Gasteiger partial charge in [-0.3, -0.25) is 4.79 Å². The van der Waals surface area contributed by atoms with E-state index in [9.17, 15) is 9.90 Å². The van der Waals surface area contributed by atoms with Crippen molar-refractivity contribution in [2.75, 3.05) is 0 Å². The maximum Gasteiger partial charge on any atom is 0.272 e. The molecule has 0 aliphatic carbocycles. The number of benzene rings is 2. The van der Waals surface area contributed by atoms with Gasteiger partial charge in [-0.05, 0) is 46.3 Å². The zero-order valence-electron chi connectivity index (χ0n) is 10.8. The first-order valence-corrected chi connectivity index (χ1v) is 8.19. The van der Waals surface area contributed by atoms with Gasteiger partial charge in [-0.2, -0.15) is 5.10 Å². The molecule has 0 aliphatic heterocycles. The van der Waals surface area contributed by atoms with Crippen LogP contribution in [-0.2, 0) is 0 Å². The topological polar surface area (TPSA) is 61.7 Å². The first-order valence-electron chi connectivity index (χ1n) is 5.85. The van der Waals surface area contributed by atoms with Gasteiger partial charge in [0, 0.05) is 15.1 Å². The molecule has 0 saturated heterocycles. The quantitative estimate of drug-likeness (QED) is 0.494. The van der Waals surface area contributed by atoms with Crippen molar-refractivity contribution < 1.29 is 9.90 Å². The number of halogens is 4. The van der Waals surface area contributed by atoms with Crippen molar-refractivity contribution in [3.63, 3.8) is 0 Å². The molecule has 0 unspecified atom stereocenters. The second-order valence-electron chi connectivity index (χ2n) is 4.15. The van der Waals surface area contributed by atoms with Crippen LogP contribution in [0.3, 0.4) is 0 Å². The molecule has 0 aliphatic rings. The zero-order chi connectivity index (χ0) is 16.3. The molecule has 2 rings (SSSR count). The highest BCUT2D eigenvalue weighted by molar-refractivity contribution is 9.11. The van der Waals surface area contributed by atoms with Crippen molar-refractivity contribution in [2.45, 2.75) is 0 Å². The number of rotatable bonds is 3. The van der Waals surface area contributed by atoms with Crippen molar-refractivity contribution in [2.24, 2.45) is 5.10 Å². The summed E-state index contributed by atoms with van der Waals surface area (Å²) in [5.74, 6) is -0.461. The van der Waals surface area contributed by atoms with Crippen LogP contribution in [0.15, 0.2) is 44.4 Å². The fourth-order valence-electron chi connectivity index (χ4n) is 1.58. The largest absolute Gasteiger partial charge is 0.506 e. The average molecular weight is 467 g/mol. The van der Waals surface area contributed by atoms with Crippen LogP contribution in [0.2, 0.25) is 10.0 Å². The predicted octanol–water partition coefficient (Wildman–Crippen LogP) is 4.99. The summed E-state index contributed by atoms with van der Waals surface area (Å²) < 4.78 is 1.26. The van der Waals surface area contributed by atoms with E-state index in [0.29, 0.717) is 15.1 Å². The normalized spacial score (nSPS) is 10.9. The van der Waals surface area contributed by atoms with Gasteiger partial charge in [0.25, 0.3) is 5.91 Å². The lowest BCUT2D eigenvalue weighted by Gasteiger charge is -2.04. The maximum absolute atomic E-state index is 12.0. The summed E-state index contributed by atoms with van der Waals surface area (Å²) in [7, 11) is 0. The van der Waals surface area contributed by atoms with E-state index >= 15 is 0 Å². The van der Waals surface area contributed by atoms with Crippen molar-refractivity contribution in [1.82, 2.24) is 5.43 Å². The lowest BCUT2D eigenvalue weighted by molar-refractivity contribution is 0.0955. The molecular weight excluding hydrogens is 459 g/mol. The van der Waals surface area contributed by atoms with Crippen LogP contribution in [0.25, 0.3) is 0 Å². The number of hydrogen-bond acceptors (Lipinski definition) is 3. The molecule has 114 valence electrons. The third-order valence-corrected chi connectivity index (χ3v) is 4.21. The van der Waals surface area contributed by atoms with Crippen molar-refractivity contribution >= 4 is 67.2 Å². The Morgan fingerprint density at radius 3 is 2.64 bits per heavy atom. The van der Waals surface area contributed by atoms with Crippen molar-refractivity contribution in [1.29, 1.82) is 0 Å². The van der Waals surface area contributed by atoms with Gasteiger partial charge >= 0.3 is 0 Å².